The Bertz CT molecular complexity index is 329. The van der Waals surface area contributed by atoms with Crippen molar-refractivity contribution in [2.24, 2.45) is 0 Å². The molecule has 1 aromatic heterocycles. The maximum atomic E-state index is 11.2. The fraction of sp³-hybridized carbons (Fsp3) is 0.545. The summed E-state index contributed by atoms with van der Waals surface area (Å²) in [5.74, 6) is 0.761. The molecule has 14 heavy (non-hydrogen) atoms. The second-order valence-electron chi connectivity index (χ2n) is 2.65. The molecule has 0 N–H and O–H groups in total. The fourth-order valence-corrected chi connectivity index (χ4v) is 1.11. The van der Waals surface area contributed by atoms with E-state index in [0.717, 1.165) is 11.3 Å². The van der Waals surface area contributed by atoms with Crippen LogP contribution in [0.2, 0.25) is 0 Å². The zero-order chi connectivity index (χ0) is 11.1. The number of pyridine rings is 1. The van der Waals surface area contributed by atoms with Gasteiger partial charge in [0, 0.05) is 18.8 Å². The topological polar surface area (TPSA) is 31.2 Å². The van der Waals surface area contributed by atoms with E-state index in [-0.39, 0.29) is 5.56 Å². The Morgan fingerprint density at radius 1 is 1.43 bits per heavy atom. The third-order valence-corrected chi connectivity index (χ3v) is 1.85. The van der Waals surface area contributed by atoms with Gasteiger partial charge in [0.15, 0.2) is 0 Å². The van der Waals surface area contributed by atoms with Crippen LogP contribution < -0.4 is 10.3 Å². The number of methoxy groups -OCH3 is 1. The van der Waals surface area contributed by atoms with Gasteiger partial charge >= 0.3 is 0 Å². The van der Waals surface area contributed by atoms with Crippen molar-refractivity contribution in [3.63, 3.8) is 0 Å². The van der Waals surface area contributed by atoms with E-state index < -0.39 is 0 Å². The number of hydrogen-bond acceptors (Lipinski definition) is 2. The normalized spacial score (nSPS) is 8.93. The number of hydrogen-bond donors (Lipinski definition) is 0. The van der Waals surface area contributed by atoms with Crippen molar-refractivity contribution in [2.75, 3.05) is 7.11 Å². The van der Waals surface area contributed by atoms with Crippen molar-refractivity contribution in [1.29, 1.82) is 0 Å². The number of rotatable bonds is 2. The van der Waals surface area contributed by atoms with Gasteiger partial charge in [0.2, 0.25) is 0 Å². The first kappa shape index (κ1) is 12.8. The highest BCUT2D eigenvalue weighted by molar-refractivity contribution is 5.28. The summed E-state index contributed by atoms with van der Waals surface area (Å²) >= 11 is 0. The van der Waals surface area contributed by atoms with Gasteiger partial charge in [-0.1, -0.05) is 13.8 Å². The quantitative estimate of drug-likeness (QED) is 0.728. The Balaban J connectivity index is 0.000000791. The Kier molecular flexibility index (Phi) is 5.68. The first-order valence-electron chi connectivity index (χ1n) is 4.94. The average Bonchev–Trinajstić information content (AvgIpc) is 2.21. The highest BCUT2D eigenvalue weighted by Crippen LogP contribution is 2.12. The summed E-state index contributed by atoms with van der Waals surface area (Å²) in [6.45, 7) is 8.46. The van der Waals surface area contributed by atoms with Crippen LogP contribution in [0.3, 0.4) is 0 Å². The van der Waals surface area contributed by atoms with E-state index in [0.29, 0.717) is 6.54 Å². The van der Waals surface area contributed by atoms with Gasteiger partial charge in [-0.3, -0.25) is 4.79 Å². The van der Waals surface area contributed by atoms with Gasteiger partial charge in [-0.05, 0) is 19.4 Å². The molecule has 0 saturated heterocycles. The zero-order valence-electron chi connectivity index (χ0n) is 9.63. The molecule has 0 aliphatic carbocycles. The van der Waals surface area contributed by atoms with Crippen molar-refractivity contribution in [1.82, 2.24) is 4.57 Å². The molecule has 0 bridgehead atoms. The third kappa shape index (κ3) is 2.91. The third-order valence-electron chi connectivity index (χ3n) is 1.85. The van der Waals surface area contributed by atoms with E-state index in [1.165, 1.54) is 0 Å². The molecule has 0 radical (unpaired) electrons. The maximum Gasteiger partial charge on any atom is 0.251 e. The van der Waals surface area contributed by atoms with E-state index >= 15 is 0 Å². The van der Waals surface area contributed by atoms with E-state index in [2.05, 4.69) is 0 Å². The molecule has 0 fully saturated rings. The molecule has 0 aromatic carbocycles. The van der Waals surface area contributed by atoms with Gasteiger partial charge in [-0.2, -0.15) is 0 Å². The standard InChI is InChI=1S/C9H13NO2.C2H6/c1-4-10-6-8(12-3)7(2)5-9(10)11;1-2/h5-6H,4H2,1-3H3;1-2H3. The van der Waals surface area contributed by atoms with E-state index in [9.17, 15) is 4.79 Å². The molecule has 80 valence electrons. The molecule has 1 aromatic rings. The Hall–Kier alpha value is -1.25. The van der Waals surface area contributed by atoms with Crippen LogP contribution in [0, 0.1) is 6.92 Å². The van der Waals surface area contributed by atoms with Crippen molar-refractivity contribution in [3.05, 3.63) is 28.2 Å². The van der Waals surface area contributed by atoms with Gasteiger partial charge < -0.3 is 9.30 Å². The van der Waals surface area contributed by atoms with Crippen LogP contribution in [0.4, 0.5) is 0 Å². The minimum Gasteiger partial charge on any atom is -0.495 e. The molecule has 0 atom stereocenters. The van der Waals surface area contributed by atoms with Gasteiger partial charge in [-0.25, -0.2) is 0 Å². The van der Waals surface area contributed by atoms with Crippen LogP contribution in [0.15, 0.2) is 17.1 Å². The summed E-state index contributed by atoms with van der Waals surface area (Å²) in [7, 11) is 1.60. The molecule has 1 rings (SSSR count). The van der Waals surface area contributed by atoms with Crippen LogP contribution in [-0.2, 0) is 6.54 Å². The number of aryl methyl sites for hydroxylation is 2. The smallest absolute Gasteiger partial charge is 0.251 e. The minimum atomic E-state index is 0.0239. The van der Waals surface area contributed by atoms with Gasteiger partial charge in [0.25, 0.3) is 5.56 Å². The second-order valence-corrected chi connectivity index (χ2v) is 2.65. The number of nitrogens with zero attached hydrogens (tertiary/aromatic N) is 1. The summed E-state index contributed by atoms with van der Waals surface area (Å²) in [4.78, 5) is 11.2. The lowest BCUT2D eigenvalue weighted by atomic mass is 10.3. The highest BCUT2D eigenvalue weighted by atomic mass is 16.5. The number of ether oxygens (including phenoxy) is 1. The summed E-state index contributed by atoms with van der Waals surface area (Å²) in [5.41, 5.74) is 0.906. The average molecular weight is 197 g/mol. The molecular weight excluding hydrogens is 178 g/mol. The van der Waals surface area contributed by atoms with E-state index in [4.69, 9.17) is 4.74 Å². The summed E-state index contributed by atoms with van der Waals surface area (Å²) in [6, 6.07) is 1.59. The van der Waals surface area contributed by atoms with Gasteiger partial charge in [0.05, 0.1) is 7.11 Å². The molecule has 0 unspecified atom stereocenters. The predicted molar refractivity (Wildman–Crippen MR) is 59.0 cm³/mol. The molecule has 0 spiro atoms. The predicted octanol–water partition coefficient (Wildman–Crippen LogP) is 2.21. The minimum absolute atomic E-state index is 0.0239. The van der Waals surface area contributed by atoms with Crippen LogP contribution >= 0.6 is 0 Å². The molecule has 0 aliphatic rings. The van der Waals surface area contributed by atoms with Crippen molar-refractivity contribution in [2.45, 2.75) is 34.2 Å². The summed E-state index contributed by atoms with van der Waals surface area (Å²) < 4.78 is 6.70. The molecule has 1 heterocycles. The lowest BCUT2D eigenvalue weighted by Gasteiger charge is -2.07. The monoisotopic (exact) mass is 197 g/mol. The largest absolute Gasteiger partial charge is 0.495 e. The Morgan fingerprint density at radius 2 is 2.00 bits per heavy atom. The van der Waals surface area contributed by atoms with Gasteiger partial charge in [-0.15, -0.1) is 0 Å². The van der Waals surface area contributed by atoms with Crippen molar-refractivity contribution in [3.8, 4) is 5.75 Å². The lowest BCUT2D eigenvalue weighted by molar-refractivity contribution is 0.405. The van der Waals surface area contributed by atoms with Crippen molar-refractivity contribution >= 4 is 0 Å². The van der Waals surface area contributed by atoms with Gasteiger partial charge in [0.1, 0.15) is 5.75 Å². The SMILES string of the molecule is CC.CCn1cc(OC)c(C)cc1=O. The Labute approximate surface area is 85.3 Å². The Morgan fingerprint density at radius 3 is 2.43 bits per heavy atom. The van der Waals surface area contributed by atoms with Crippen LogP contribution in [0.1, 0.15) is 26.3 Å². The summed E-state index contributed by atoms with van der Waals surface area (Å²) in [6.07, 6.45) is 1.73. The molecule has 0 amide bonds. The van der Waals surface area contributed by atoms with Crippen molar-refractivity contribution < 1.29 is 4.74 Å². The van der Waals surface area contributed by atoms with Crippen LogP contribution in [0.25, 0.3) is 0 Å². The van der Waals surface area contributed by atoms with E-state index in [1.807, 2.05) is 27.7 Å². The summed E-state index contributed by atoms with van der Waals surface area (Å²) in [5, 5.41) is 0. The maximum absolute atomic E-state index is 11.2. The molecule has 3 nitrogen and oxygen atoms in total. The number of aromatic nitrogens is 1. The lowest BCUT2D eigenvalue weighted by Crippen LogP contribution is -2.18. The van der Waals surface area contributed by atoms with Crippen LogP contribution in [-0.4, -0.2) is 11.7 Å². The van der Waals surface area contributed by atoms with Crippen LogP contribution in [0.5, 0.6) is 5.75 Å². The highest BCUT2D eigenvalue weighted by Gasteiger charge is 2.00. The first-order chi connectivity index (χ1) is 6.69. The molecular formula is C11H19NO2. The first-order valence-corrected chi connectivity index (χ1v) is 4.94. The molecule has 0 saturated carbocycles. The second kappa shape index (κ2) is 6.24. The fourth-order valence-electron chi connectivity index (χ4n) is 1.11. The molecule has 3 heteroatoms. The zero-order valence-corrected chi connectivity index (χ0v) is 9.63. The molecule has 0 aliphatic heterocycles. The van der Waals surface area contributed by atoms with E-state index in [1.54, 1.807) is 23.9 Å².